The molecule has 0 amide bonds. The molecule has 0 unspecified atom stereocenters. The van der Waals surface area contributed by atoms with Crippen LogP contribution in [0.25, 0.3) is 22.1 Å². The fourth-order valence-electron chi connectivity index (χ4n) is 2.42. The highest BCUT2D eigenvalue weighted by Gasteiger charge is 2.13. The molecule has 20 heavy (non-hydrogen) atoms. The second kappa shape index (κ2) is 4.91. The smallest absolute Gasteiger partial charge is 0.344 e. The van der Waals surface area contributed by atoms with Crippen LogP contribution in [0, 0.1) is 13.8 Å². The average molecular weight is 329 g/mol. The van der Waals surface area contributed by atoms with E-state index in [1.54, 1.807) is 0 Å². The zero-order chi connectivity index (χ0) is 14.3. The Bertz CT molecular complexity index is 845. The summed E-state index contributed by atoms with van der Waals surface area (Å²) in [6.07, 6.45) is 0. The lowest BCUT2D eigenvalue weighted by atomic mass is 9.99. The lowest BCUT2D eigenvalue weighted by Crippen LogP contribution is -2.06. The molecule has 0 aliphatic carbocycles. The third-order valence-corrected chi connectivity index (χ3v) is 3.98. The molecule has 0 saturated heterocycles. The van der Waals surface area contributed by atoms with Crippen LogP contribution in [-0.4, -0.2) is 0 Å². The SMILES string of the molecule is Cc1ccc2oc(=O)c(-c3ccc(Br)cc3)c(C)c2c1. The Kier molecular flexibility index (Phi) is 3.22. The van der Waals surface area contributed by atoms with Gasteiger partial charge in [-0.15, -0.1) is 0 Å². The molecular formula is C17H13BrO2. The summed E-state index contributed by atoms with van der Waals surface area (Å²) in [6, 6.07) is 13.5. The van der Waals surface area contributed by atoms with E-state index in [0.29, 0.717) is 11.1 Å². The molecule has 0 N–H and O–H groups in total. The van der Waals surface area contributed by atoms with E-state index in [0.717, 1.165) is 26.5 Å². The zero-order valence-electron chi connectivity index (χ0n) is 11.2. The van der Waals surface area contributed by atoms with Crippen LogP contribution in [0.5, 0.6) is 0 Å². The normalized spacial score (nSPS) is 10.9. The quantitative estimate of drug-likeness (QED) is 0.598. The minimum Gasteiger partial charge on any atom is -0.422 e. The van der Waals surface area contributed by atoms with Crippen LogP contribution >= 0.6 is 15.9 Å². The van der Waals surface area contributed by atoms with Crippen LogP contribution in [0.2, 0.25) is 0 Å². The van der Waals surface area contributed by atoms with Gasteiger partial charge in [-0.2, -0.15) is 0 Å². The van der Waals surface area contributed by atoms with E-state index < -0.39 is 0 Å². The molecule has 2 nitrogen and oxygen atoms in total. The summed E-state index contributed by atoms with van der Waals surface area (Å²) in [4.78, 5) is 12.2. The Morgan fingerprint density at radius 3 is 2.40 bits per heavy atom. The monoisotopic (exact) mass is 328 g/mol. The molecule has 3 aromatic rings. The first-order valence-electron chi connectivity index (χ1n) is 6.36. The van der Waals surface area contributed by atoms with Crippen molar-refractivity contribution in [2.24, 2.45) is 0 Å². The van der Waals surface area contributed by atoms with Crippen molar-refractivity contribution in [3.8, 4) is 11.1 Å². The molecule has 0 saturated carbocycles. The lowest BCUT2D eigenvalue weighted by molar-refractivity contribution is 0.562. The Hall–Kier alpha value is -1.87. The fraction of sp³-hybridized carbons (Fsp3) is 0.118. The standard InChI is InChI=1S/C17H13BrO2/c1-10-3-8-15-14(9-10)11(2)16(17(19)20-15)12-4-6-13(18)7-5-12/h3-9H,1-2H3. The largest absolute Gasteiger partial charge is 0.422 e. The summed E-state index contributed by atoms with van der Waals surface area (Å²) in [5.41, 5.74) is 3.97. The molecule has 1 aromatic heterocycles. The third-order valence-electron chi connectivity index (χ3n) is 3.45. The number of halogens is 1. The minimum absolute atomic E-state index is 0.291. The van der Waals surface area contributed by atoms with Crippen LogP contribution < -0.4 is 5.63 Å². The highest BCUT2D eigenvalue weighted by atomic mass is 79.9. The molecular weight excluding hydrogens is 316 g/mol. The van der Waals surface area contributed by atoms with E-state index >= 15 is 0 Å². The second-order valence-electron chi connectivity index (χ2n) is 4.90. The first-order valence-corrected chi connectivity index (χ1v) is 7.15. The number of benzene rings is 2. The molecule has 0 atom stereocenters. The maximum Gasteiger partial charge on any atom is 0.344 e. The number of aryl methyl sites for hydroxylation is 2. The Labute approximate surface area is 125 Å². The summed E-state index contributed by atoms with van der Waals surface area (Å²) in [7, 11) is 0. The molecule has 100 valence electrons. The van der Waals surface area contributed by atoms with Gasteiger partial charge in [-0.3, -0.25) is 0 Å². The van der Waals surface area contributed by atoms with Gasteiger partial charge in [0.1, 0.15) is 5.58 Å². The highest BCUT2D eigenvalue weighted by molar-refractivity contribution is 9.10. The predicted octanol–water partition coefficient (Wildman–Crippen LogP) is 4.84. The first kappa shape index (κ1) is 13.1. The predicted molar refractivity (Wildman–Crippen MR) is 85.1 cm³/mol. The van der Waals surface area contributed by atoms with Crippen molar-refractivity contribution in [3.05, 3.63) is 68.5 Å². The van der Waals surface area contributed by atoms with Gasteiger partial charge in [-0.25, -0.2) is 4.79 Å². The summed E-state index contributed by atoms with van der Waals surface area (Å²) in [6.45, 7) is 4.00. The van der Waals surface area contributed by atoms with Gasteiger partial charge in [0.25, 0.3) is 0 Å². The van der Waals surface area contributed by atoms with E-state index in [4.69, 9.17) is 4.42 Å². The second-order valence-corrected chi connectivity index (χ2v) is 5.81. The van der Waals surface area contributed by atoms with E-state index in [2.05, 4.69) is 22.0 Å². The summed E-state index contributed by atoms with van der Waals surface area (Å²) >= 11 is 3.40. The molecule has 3 heteroatoms. The van der Waals surface area contributed by atoms with Crippen molar-refractivity contribution in [1.29, 1.82) is 0 Å². The van der Waals surface area contributed by atoms with Gasteiger partial charge in [0.15, 0.2) is 0 Å². The van der Waals surface area contributed by atoms with Crippen LogP contribution in [0.15, 0.2) is 56.1 Å². The lowest BCUT2D eigenvalue weighted by Gasteiger charge is -2.08. The van der Waals surface area contributed by atoms with Crippen molar-refractivity contribution >= 4 is 26.9 Å². The Morgan fingerprint density at radius 2 is 1.70 bits per heavy atom. The van der Waals surface area contributed by atoms with Crippen molar-refractivity contribution in [2.75, 3.05) is 0 Å². The Balaban J connectivity index is 2.35. The van der Waals surface area contributed by atoms with E-state index in [1.165, 1.54) is 0 Å². The van der Waals surface area contributed by atoms with Gasteiger partial charge in [0.05, 0.1) is 5.56 Å². The fourth-order valence-corrected chi connectivity index (χ4v) is 2.68. The van der Waals surface area contributed by atoms with Crippen molar-refractivity contribution in [1.82, 2.24) is 0 Å². The number of hydrogen-bond donors (Lipinski definition) is 0. The summed E-state index contributed by atoms with van der Waals surface area (Å²) in [5.74, 6) is 0. The maximum absolute atomic E-state index is 12.2. The van der Waals surface area contributed by atoms with Crippen LogP contribution in [0.1, 0.15) is 11.1 Å². The summed E-state index contributed by atoms with van der Waals surface area (Å²) < 4.78 is 6.43. The van der Waals surface area contributed by atoms with Crippen molar-refractivity contribution in [3.63, 3.8) is 0 Å². The zero-order valence-corrected chi connectivity index (χ0v) is 12.8. The van der Waals surface area contributed by atoms with Crippen LogP contribution in [0.3, 0.4) is 0 Å². The van der Waals surface area contributed by atoms with Crippen molar-refractivity contribution in [2.45, 2.75) is 13.8 Å². The van der Waals surface area contributed by atoms with E-state index in [1.807, 2.05) is 50.2 Å². The number of fused-ring (bicyclic) bond motifs is 1. The number of hydrogen-bond acceptors (Lipinski definition) is 2. The number of rotatable bonds is 1. The molecule has 0 aliphatic heterocycles. The average Bonchev–Trinajstić information content (AvgIpc) is 2.42. The van der Waals surface area contributed by atoms with Gasteiger partial charge in [0.2, 0.25) is 0 Å². The van der Waals surface area contributed by atoms with Gasteiger partial charge in [-0.05, 0) is 49.2 Å². The summed E-state index contributed by atoms with van der Waals surface area (Å²) in [5, 5.41) is 0.988. The Morgan fingerprint density at radius 1 is 1.00 bits per heavy atom. The molecule has 2 aromatic carbocycles. The minimum atomic E-state index is -0.291. The van der Waals surface area contributed by atoms with E-state index in [9.17, 15) is 4.79 Å². The third kappa shape index (κ3) is 2.18. The highest BCUT2D eigenvalue weighted by Crippen LogP contribution is 2.28. The van der Waals surface area contributed by atoms with E-state index in [-0.39, 0.29) is 5.63 Å². The molecule has 0 aliphatic rings. The van der Waals surface area contributed by atoms with Crippen LogP contribution in [0.4, 0.5) is 0 Å². The van der Waals surface area contributed by atoms with Crippen molar-refractivity contribution < 1.29 is 4.42 Å². The van der Waals surface area contributed by atoms with Gasteiger partial charge in [-0.1, -0.05) is 39.7 Å². The molecule has 0 bridgehead atoms. The van der Waals surface area contributed by atoms with Gasteiger partial charge < -0.3 is 4.42 Å². The van der Waals surface area contributed by atoms with Gasteiger partial charge >= 0.3 is 5.63 Å². The maximum atomic E-state index is 12.2. The first-order chi connectivity index (χ1) is 9.56. The topological polar surface area (TPSA) is 30.2 Å². The van der Waals surface area contributed by atoms with Crippen LogP contribution in [-0.2, 0) is 0 Å². The molecule has 0 radical (unpaired) electrons. The molecule has 0 fully saturated rings. The van der Waals surface area contributed by atoms with Gasteiger partial charge in [0, 0.05) is 9.86 Å². The molecule has 0 spiro atoms. The molecule has 1 heterocycles. The molecule has 3 rings (SSSR count).